The lowest BCUT2D eigenvalue weighted by Gasteiger charge is -2.30. The van der Waals surface area contributed by atoms with Crippen molar-refractivity contribution in [3.8, 4) is 11.3 Å². The van der Waals surface area contributed by atoms with Gasteiger partial charge in [0.15, 0.2) is 0 Å². The molecule has 0 aliphatic carbocycles. The molecule has 0 spiro atoms. The van der Waals surface area contributed by atoms with E-state index < -0.39 is 0 Å². The molecule has 1 saturated heterocycles. The summed E-state index contributed by atoms with van der Waals surface area (Å²) in [6, 6.07) is 24.4. The zero-order valence-electron chi connectivity index (χ0n) is 18.9. The van der Waals surface area contributed by atoms with Crippen LogP contribution in [-0.4, -0.2) is 39.5 Å². The summed E-state index contributed by atoms with van der Waals surface area (Å²) in [6.45, 7) is 5.41. The first-order valence-electron chi connectivity index (χ1n) is 11.9. The van der Waals surface area contributed by atoms with Crippen molar-refractivity contribution in [2.24, 2.45) is 0 Å². The maximum Gasteiger partial charge on any atom is 0.113 e. The second kappa shape index (κ2) is 8.73. The van der Waals surface area contributed by atoms with Crippen LogP contribution in [0.5, 0.6) is 0 Å². The van der Waals surface area contributed by atoms with E-state index in [0.29, 0.717) is 0 Å². The molecule has 3 aromatic carbocycles. The molecule has 1 aliphatic rings. The molecule has 0 amide bonds. The van der Waals surface area contributed by atoms with Gasteiger partial charge < -0.3 is 4.90 Å². The van der Waals surface area contributed by atoms with Crippen LogP contribution in [0.2, 0.25) is 0 Å². The molecule has 1 unspecified atom stereocenters. The lowest BCUT2D eigenvalue weighted by atomic mass is 10.0. The first-order valence-corrected chi connectivity index (χ1v) is 12.7. The van der Waals surface area contributed by atoms with Crippen molar-refractivity contribution in [1.82, 2.24) is 19.9 Å². The highest BCUT2D eigenvalue weighted by atomic mass is 32.1. The van der Waals surface area contributed by atoms with Gasteiger partial charge in [0.05, 0.1) is 12.2 Å². The van der Waals surface area contributed by atoms with E-state index in [9.17, 15) is 0 Å². The maximum absolute atomic E-state index is 4.63. The zero-order chi connectivity index (χ0) is 22.2. The molecule has 0 saturated carbocycles. The largest absolute Gasteiger partial charge is 0.301 e. The van der Waals surface area contributed by atoms with Crippen LogP contribution in [0.15, 0.2) is 72.9 Å². The van der Waals surface area contributed by atoms with Gasteiger partial charge in [-0.25, -0.2) is 4.68 Å². The highest BCUT2D eigenvalue weighted by Gasteiger charge is 2.22. The topological polar surface area (TPSA) is 34.0 Å². The number of benzene rings is 3. The second-order valence-corrected chi connectivity index (χ2v) is 10.3. The fourth-order valence-electron chi connectivity index (χ4n) is 4.96. The molecular formula is C28H28N4S. The van der Waals surface area contributed by atoms with Crippen molar-refractivity contribution in [1.29, 1.82) is 0 Å². The lowest BCUT2D eigenvalue weighted by molar-refractivity contribution is 0.202. The highest BCUT2D eigenvalue weighted by molar-refractivity contribution is 7.25. The molecule has 0 radical (unpaired) electrons. The van der Waals surface area contributed by atoms with Gasteiger partial charge in [0.25, 0.3) is 0 Å². The van der Waals surface area contributed by atoms with Gasteiger partial charge in [0.2, 0.25) is 0 Å². The van der Waals surface area contributed by atoms with Crippen LogP contribution in [-0.2, 0) is 0 Å². The van der Waals surface area contributed by atoms with Gasteiger partial charge >= 0.3 is 0 Å². The SMILES string of the molecule is Cc1ccc(-c2cn(C(CN3CCCCC3)c3ccc4sc5ccccc5c4c3)nn2)cc1. The van der Waals surface area contributed by atoms with Crippen LogP contribution in [0.25, 0.3) is 31.4 Å². The Hall–Kier alpha value is -3.02. The summed E-state index contributed by atoms with van der Waals surface area (Å²) in [4.78, 5) is 2.59. The Morgan fingerprint density at radius 3 is 2.52 bits per heavy atom. The molecule has 0 bridgehead atoms. The lowest BCUT2D eigenvalue weighted by Crippen LogP contribution is -2.35. The third-order valence-electron chi connectivity index (χ3n) is 6.84. The predicted octanol–water partition coefficient (Wildman–Crippen LogP) is 6.70. The van der Waals surface area contributed by atoms with Crippen LogP contribution >= 0.6 is 11.3 Å². The molecule has 1 atom stereocenters. The van der Waals surface area contributed by atoms with Gasteiger partial charge in [-0.2, -0.15) is 0 Å². The van der Waals surface area contributed by atoms with Crippen molar-refractivity contribution < 1.29 is 0 Å². The Kier molecular flexibility index (Phi) is 5.44. The van der Waals surface area contributed by atoms with E-state index in [0.717, 1.165) is 17.8 Å². The summed E-state index contributed by atoms with van der Waals surface area (Å²) in [7, 11) is 0. The smallest absolute Gasteiger partial charge is 0.113 e. The van der Waals surface area contributed by atoms with E-state index in [4.69, 9.17) is 0 Å². The molecule has 5 heteroatoms. The number of hydrogen-bond donors (Lipinski definition) is 0. The fourth-order valence-corrected chi connectivity index (χ4v) is 6.05. The standard InChI is InChI=1S/C28H28N4S/c1-20-9-11-21(12-10-20)25-18-32(30-29-25)26(19-31-15-5-2-6-16-31)22-13-14-28-24(17-22)23-7-3-4-8-27(23)33-28/h3-4,7-14,17-18,26H,2,5-6,15-16,19H2,1H3. The van der Waals surface area contributed by atoms with E-state index in [-0.39, 0.29) is 6.04 Å². The highest BCUT2D eigenvalue weighted by Crippen LogP contribution is 2.36. The summed E-state index contributed by atoms with van der Waals surface area (Å²) in [5, 5.41) is 11.9. The van der Waals surface area contributed by atoms with Gasteiger partial charge in [-0.15, -0.1) is 16.4 Å². The van der Waals surface area contributed by atoms with Gasteiger partial charge in [0, 0.05) is 32.3 Å². The molecule has 2 aromatic heterocycles. The molecule has 166 valence electrons. The molecule has 4 nitrogen and oxygen atoms in total. The fraction of sp³-hybridized carbons (Fsp3) is 0.286. The Labute approximate surface area is 198 Å². The third kappa shape index (κ3) is 4.07. The minimum atomic E-state index is 0.137. The molecule has 1 fully saturated rings. The molecule has 0 N–H and O–H groups in total. The summed E-state index contributed by atoms with van der Waals surface area (Å²) in [5.41, 5.74) is 4.60. The average molecular weight is 453 g/mol. The molecule has 33 heavy (non-hydrogen) atoms. The third-order valence-corrected chi connectivity index (χ3v) is 7.99. The molecule has 3 heterocycles. The Morgan fingerprint density at radius 1 is 0.879 bits per heavy atom. The normalized spacial score (nSPS) is 15.9. The molecule has 6 rings (SSSR count). The van der Waals surface area contributed by atoms with Crippen LogP contribution < -0.4 is 0 Å². The van der Waals surface area contributed by atoms with Gasteiger partial charge in [-0.3, -0.25) is 0 Å². The van der Waals surface area contributed by atoms with E-state index in [1.165, 1.54) is 63.7 Å². The number of likely N-dealkylation sites (tertiary alicyclic amines) is 1. The number of hydrogen-bond acceptors (Lipinski definition) is 4. The van der Waals surface area contributed by atoms with Gasteiger partial charge in [-0.05, 0) is 56.6 Å². The quantitative estimate of drug-likeness (QED) is 0.298. The number of aromatic nitrogens is 3. The first kappa shape index (κ1) is 20.6. The number of fused-ring (bicyclic) bond motifs is 3. The predicted molar refractivity (Wildman–Crippen MR) is 138 cm³/mol. The monoisotopic (exact) mass is 452 g/mol. The second-order valence-electron chi connectivity index (χ2n) is 9.18. The Morgan fingerprint density at radius 2 is 1.67 bits per heavy atom. The van der Waals surface area contributed by atoms with Crippen LogP contribution in [0, 0.1) is 6.92 Å². The number of nitrogens with zero attached hydrogens (tertiary/aromatic N) is 4. The minimum absolute atomic E-state index is 0.137. The molecule has 1 aliphatic heterocycles. The number of piperidine rings is 1. The number of thiophene rings is 1. The minimum Gasteiger partial charge on any atom is -0.301 e. The van der Waals surface area contributed by atoms with Crippen LogP contribution in [0.4, 0.5) is 0 Å². The first-order chi connectivity index (χ1) is 16.2. The number of aryl methyl sites for hydroxylation is 1. The number of rotatable bonds is 5. The summed E-state index contributed by atoms with van der Waals surface area (Å²) < 4.78 is 4.77. The van der Waals surface area contributed by atoms with Crippen molar-refractivity contribution in [2.75, 3.05) is 19.6 Å². The maximum atomic E-state index is 4.63. The van der Waals surface area contributed by atoms with Crippen molar-refractivity contribution >= 4 is 31.5 Å². The Bertz CT molecular complexity index is 1390. The van der Waals surface area contributed by atoms with Crippen molar-refractivity contribution in [2.45, 2.75) is 32.2 Å². The summed E-state index contributed by atoms with van der Waals surface area (Å²) in [5.74, 6) is 0. The van der Waals surface area contributed by atoms with Gasteiger partial charge in [0.1, 0.15) is 5.69 Å². The van der Waals surface area contributed by atoms with E-state index in [2.05, 4.69) is 99.7 Å². The van der Waals surface area contributed by atoms with Gasteiger partial charge in [-0.1, -0.05) is 65.7 Å². The van der Waals surface area contributed by atoms with Crippen LogP contribution in [0.1, 0.15) is 36.4 Å². The van der Waals surface area contributed by atoms with Crippen LogP contribution in [0.3, 0.4) is 0 Å². The molecular weight excluding hydrogens is 424 g/mol. The average Bonchev–Trinajstić information content (AvgIpc) is 3.48. The van der Waals surface area contributed by atoms with E-state index in [1.807, 2.05) is 11.3 Å². The summed E-state index contributed by atoms with van der Waals surface area (Å²) in [6.07, 6.45) is 6.03. The van der Waals surface area contributed by atoms with E-state index in [1.54, 1.807) is 0 Å². The summed E-state index contributed by atoms with van der Waals surface area (Å²) >= 11 is 1.87. The van der Waals surface area contributed by atoms with Crippen molar-refractivity contribution in [3.05, 3.63) is 84.1 Å². The van der Waals surface area contributed by atoms with Crippen molar-refractivity contribution in [3.63, 3.8) is 0 Å². The zero-order valence-corrected chi connectivity index (χ0v) is 19.8. The van der Waals surface area contributed by atoms with E-state index >= 15 is 0 Å². The Balaban J connectivity index is 1.41. The molecule has 5 aromatic rings.